The number of aryl methyl sites for hydroxylation is 2. The smallest absolute Gasteiger partial charge is 0.324 e. The van der Waals surface area contributed by atoms with E-state index in [1.165, 1.54) is 16.7 Å². The largest absolute Gasteiger partial charge is 0.336 e. The molecular formula is C15H18N6O2S. The summed E-state index contributed by atoms with van der Waals surface area (Å²) < 4.78 is 1.62. The maximum Gasteiger partial charge on any atom is 0.324 e. The van der Waals surface area contributed by atoms with Crippen molar-refractivity contribution in [2.24, 2.45) is 0 Å². The van der Waals surface area contributed by atoms with Crippen molar-refractivity contribution in [3.63, 3.8) is 0 Å². The first kappa shape index (κ1) is 16.4. The maximum absolute atomic E-state index is 12.4. The monoisotopic (exact) mass is 346 g/mol. The Kier molecular flexibility index (Phi) is 4.52. The number of imide groups is 1. The average molecular weight is 346 g/mol. The quantitative estimate of drug-likeness (QED) is 0.839. The van der Waals surface area contributed by atoms with E-state index in [2.05, 4.69) is 26.9 Å². The van der Waals surface area contributed by atoms with Crippen LogP contribution in [0.4, 0.5) is 4.79 Å². The van der Waals surface area contributed by atoms with Gasteiger partial charge in [0.25, 0.3) is 0 Å². The normalized spacial score (nSPS) is 15.5. The van der Waals surface area contributed by atoms with Crippen LogP contribution in [0.1, 0.15) is 18.1 Å². The first-order valence-corrected chi connectivity index (χ1v) is 8.47. The van der Waals surface area contributed by atoms with Crippen molar-refractivity contribution < 1.29 is 9.59 Å². The lowest BCUT2D eigenvalue weighted by Gasteiger charge is -2.17. The third-order valence-corrected chi connectivity index (χ3v) is 4.79. The molecule has 126 valence electrons. The molecular weight excluding hydrogens is 328 g/mol. The molecule has 0 unspecified atom stereocenters. The molecule has 3 rings (SSSR count). The number of nitrogens with zero attached hydrogens (tertiary/aromatic N) is 5. The Morgan fingerprint density at radius 1 is 1.38 bits per heavy atom. The zero-order chi connectivity index (χ0) is 17.3. The first-order valence-electron chi connectivity index (χ1n) is 7.59. The molecule has 1 aromatic heterocycles. The van der Waals surface area contributed by atoms with E-state index in [1.807, 2.05) is 26.0 Å². The van der Waals surface area contributed by atoms with Crippen molar-refractivity contribution in [3.05, 3.63) is 29.3 Å². The van der Waals surface area contributed by atoms with Gasteiger partial charge in [0, 0.05) is 13.1 Å². The predicted molar refractivity (Wildman–Crippen MR) is 89.1 cm³/mol. The third kappa shape index (κ3) is 3.12. The standard InChI is InChI=1S/C15H18N6O2S/c1-9-4-5-12(10(2)8-9)21-15(17-18-19-21)24-11(3)13(22)20-7-6-16-14(20)23/h4-5,8,11H,6-7H2,1-3H3,(H,16,23)/t11-/m0/s1. The number of hydrogen-bond acceptors (Lipinski definition) is 6. The van der Waals surface area contributed by atoms with Gasteiger partial charge in [-0.2, -0.15) is 4.68 Å². The van der Waals surface area contributed by atoms with Gasteiger partial charge in [-0.05, 0) is 42.8 Å². The van der Waals surface area contributed by atoms with Crippen LogP contribution in [0, 0.1) is 13.8 Å². The van der Waals surface area contributed by atoms with Crippen LogP contribution < -0.4 is 5.32 Å². The van der Waals surface area contributed by atoms with Gasteiger partial charge in [0.2, 0.25) is 11.1 Å². The third-order valence-electron chi connectivity index (χ3n) is 3.77. The molecule has 1 saturated heterocycles. The van der Waals surface area contributed by atoms with Crippen LogP contribution in [0.3, 0.4) is 0 Å². The van der Waals surface area contributed by atoms with Gasteiger partial charge < -0.3 is 5.32 Å². The number of carbonyl (C=O) groups is 2. The summed E-state index contributed by atoms with van der Waals surface area (Å²) in [6.45, 7) is 6.64. The van der Waals surface area contributed by atoms with Crippen molar-refractivity contribution >= 4 is 23.7 Å². The van der Waals surface area contributed by atoms with Crippen molar-refractivity contribution in [2.75, 3.05) is 13.1 Å². The molecule has 0 radical (unpaired) electrons. The molecule has 0 aliphatic carbocycles. The average Bonchev–Trinajstić information content (AvgIpc) is 3.15. The molecule has 1 aromatic carbocycles. The lowest BCUT2D eigenvalue weighted by atomic mass is 10.1. The summed E-state index contributed by atoms with van der Waals surface area (Å²) in [4.78, 5) is 25.3. The fourth-order valence-corrected chi connectivity index (χ4v) is 3.42. The fraction of sp³-hybridized carbons (Fsp3) is 0.400. The van der Waals surface area contributed by atoms with E-state index < -0.39 is 5.25 Å². The molecule has 1 aliphatic heterocycles. The number of hydrogen-bond donors (Lipinski definition) is 1. The van der Waals surface area contributed by atoms with Crippen LogP contribution in [-0.4, -0.2) is 55.4 Å². The van der Waals surface area contributed by atoms with Gasteiger partial charge in [-0.1, -0.05) is 29.5 Å². The summed E-state index contributed by atoms with van der Waals surface area (Å²) in [7, 11) is 0. The van der Waals surface area contributed by atoms with Crippen molar-refractivity contribution in [3.8, 4) is 5.69 Å². The number of benzene rings is 1. The molecule has 8 nitrogen and oxygen atoms in total. The van der Waals surface area contributed by atoms with E-state index in [9.17, 15) is 9.59 Å². The molecule has 2 aromatic rings. The van der Waals surface area contributed by atoms with E-state index in [1.54, 1.807) is 11.6 Å². The number of nitrogens with one attached hydrogen (secondary N) is 1. The van der Waals surface area contributed by atoms with Crippen molar-refractivity contribution in [1.29, 1.82) is 0 Å². The number of thioether (sulfide) groups is 1. The van der Waals surface area contributed by atoms with Gasteiger partial charge >= 0.3 is 6.03 Å². The highest BCUT2D eigenvalue weighted by Gasteiger charge is 2.31. The lowest BCUT2D eigenvalue weighted by Crippen LogP contribution is -2.39. The van der Waals surface area contributed by atoms with Crippen LogP contribution >= 0.6 is 11.8 Å². The summed E-state index contributed by atoms with van der Waals surface area (Å²) in [5.74, 6) is -0.245. The molecule has 24 heavy (non-hydrogen) atoms. The van der Waals surface area contributed by atoms with Gasteiger partial charge in [0.1, 0.15) is 0 Å². The Labute approximate surface area is 143 Å². The minimum atomic E-state index is -0.468. The molecule has 3 amide bonds. The van der Waals surface area contributed by atoms with E-state index in [-0.39, 0.29) is 11.9 Å². The van der Waals surface area contributed by atoms with Crippen LogP contribution in [0.25, 0.3) is 5.69 Å². The number of amides is 3. The van der Waals surface area contributed by atoms with Crippen molar-refractivity contribution in [1.82, 2.24) is 30.4 Å². The van der Waals surface area contributed by atoms with E-state index in [4.69, 9.17) is 0 Å². The number of rotatable bonds is 4. The molecule has 0 spiro atoms. The summed E-state index contributed by atoms with van der Waals surface area (Å²) in [6.07, 6.45) is 0. The molecule has 0 saturated carbocycles. The Hall–Kier alpha value is -2.42. The summed E-state index contributed by atoms with van der Waals surface area (Å²) in [5, 5.41) is 14.4. The van der Waals surface area contributed by atoms with Gasteiger partial charge in [0.05, 0.1) is 10.9 Å². The molecule has 9 heteroatoms. The molecule has 1 N–H and O–H groups in total. The van der Waals surface area contributed by atoms with Crippen LogP contribution in [0.5, 0.6) is 0 Å². The highest BCUT2D eigenvalue weighted by molar-refractivity contribution is 8.00. The molecule has 1 aliphatic rings. The SMILES string of the molecule is Cc1ccc(-n2nnnc2S[C@@H](C)C(=O)N2CCNC2=O)c(C)c1. The summed E-state index contributed by atoms with van der Waals surface area (Å²) in [5.41, 5.74) is 3.07. The minimum absolute atomic E-state index is 0.245. The van der Waals surface area contributed by atoms with Crippen molar-refractivity contribution in [2.45, 2.75) is 31.2 Å². The number of carbonyl (C=O) groups excluding carboxylic acids is 2. The highest BCUT2D eigenvalue weighted by Crippen LogP contribution is 2.26. The Bertz CT molecular complexity index is 790. The predicted octanol–water partition coefficient (Wildman–Crippen LogP) is 1.31. The highest BCUT2D eigenvalue weighted by atomic mass is 32.2. The molecule has 2 heterocycles. The Balaban J connectivity index is 1.80. The van der Waals surface area contributed by atoms with E-state index >= 15 is 0 Å². The number of urea groups is 1. The first-order chi connectivity index (χ1) is 11.5. The van der Waals surface area contributed by atoms with Gasteiger partial charge in [-0.3, -0.25) is 9.69 Å². The molecule has 0 bridgehead atoms. The zero-order valence-corrected chi connectivity index (χ0v) is 14.5. The van der Waals surface area contributed by atoms with E-state index in [0.29, 0.717) is 18.2 Å². The molecule has 1 fully saturated rings. The van der Waals surface area contributed by atoms with Crippen LogP contribution in [0.15, 0.2) is 23.4 Å². The second-order valence-corrected chi connectivity index (χ2v) is 6.95. The lowest BCUT2D eigenvalue weighted by molar-refractivity contribution is -0.126. The Morgan fingerprint density at radius 2 is 2.17 bits per heavy atom. The maximum atomic E-state index is 12.4. The zero-order valence-electron chi connectivity index (χ0n) is 13.7. The second kappa shape index (κ2) is 6.60. The minimum Gasteiger partial charge on any atom is -0.336 e. The van der Waals surface area contributed by atoms with E-state index in [0.717, 1.165) is 16.8 Å². The summed E-state index contributed by atoms with van der Waals surface area (Å²) >= 11 is 1.24. The van der Waals surface area contributed by atoms with Crippen LogP contribution in [-0.2, 0) is 4.79 Å². The Morgan fingerprint density at radius 3 is 2.83 bits per heavy atom. The topological polar surface area (TPSA) is 93.0 Å². The fourth-order valence-electron chi connectivity index (χ4n) is 2.56. The number of tetrazole rings is 1. The van der Waals surface area contributed by atoms with Gasteiger partial charge in [-0.15, -0.1) is 5.10 Å². The molecule has 1 atom stereocenters. The van der Waals surface area contributed by atoms with Gasteiger partial charge in [0.15, 0.2) is 0 Å². The summed E-state index contributed by atoms with van der Waals surface area (Å²) in [6, 6.07) is 5.64. The number of aromatic nitrogens is 4. The second-order valence-electron chi connectivity index (χ2n) is 5.65. The van der Waals surface area contributed by atoms with Crippen LogP contribution in [0.2, 0.25) is 0 Å². The van der Waals surface area contributed by atoms with Gasteiger partial charge in [-0.25, -0.2) is 4.79 Å².